The molecule has 3 rings (SSSR count). The molecule has 5 heteroatoms. The van der Waals surface area contributed by atoms with E-state index in [2.05, 4.69) is 5.32 Å². The zero-order valence-corrected chi connectivity index (χ0v) is 14.9. The lowest BCUT2D eigenvalue weighted by atomic mass is 10.1. The minimum Gasteiger partial charge on any atom is -0.544 e. The Kier molecular flexibility index (Phi) is 6.18. The maximum atomic E-state index is 12.3. The summed E-state index contributed by atoms with van der Waals surface area (Å²) in [6, 6.07) is 22.4. The number of aliphatic carboxylic acids is 1. The SMILES string of the molecule is O=C(C[C@@H]([NH2+]CCc1ccccc1)C(=O)[O-])Nc1ccc2ccccc2c1. The van der Waals surface area contributed by atoms with Crippen LogP contribution in [0.15, 0.2) is 72.8 Å². The number of hydrogen-bond acceptors (Lipinski definition) is 3. The van der Waals surface area contributed by atoms with Gasteiger partial charge in [-0.15, -0.1) is 0 Å². The fourth-order valence-corrected chi connectivity index (χ4v) is 3.04. The molecule has 3 aromatic rings. The molecule has 0 aliphatic carbocycles. The van der Waals surface area contributed by atoms with Crippen LogP contribution < -0.4 is 15.7 Å². The number of amides is 1. The molecule has 0 unspecified atom stereocenters. The molecule has 1 atom stereocenters. The summed E-state index contributed by atoms with van der Waals surface area (Å²) in [5.41, 5.74) is 1.78. The zero-order valence-electron chi connectivity index (χ0n) is 14.9. The van der Waals surface area contributed by atoms with Crippen molar-refractivity contribution in [2.75, 3.05) is 11.9 Å². The lowest BCUT2D eigenvalue weighted by Crippen LogP contribution is -2.93. The van der Waals surface area contributed by atoms with Gasteiger partial charge in [0, 0.05) is 12.1 Å². The number of nitrogens with two attached hydrogens (primary N) is 1. The number of carboxylic acid groups (broad SMARTS) is 1. The number of quaternary nitrogens is 1. The highest BCUT2D eigenvalue weighted by Crippen LogP contribution is 2.18. The minimum absolute atomic E-state index is 0.135. The number of carboxylic acids is 1. The van der Waals surface area contributed by atoms with Crippen molar-refractivity contribution in [3.8, 4) is 0 Å². The number of hydrogen-bond donors (Lipinski definition) is 2. The number of anilines is 1. The smallest absolute Gasteiger partial charge is 0.230 e. The molecule has 0 heterocycles. The topological polar surface area (TPSA) is 85.8 Å². The van der Waals surface area contributed by atoms with E-state index in [1.165, 1.54) is 0 Å². The first-order valence-corrected chi connectivity index (χ1v) is 8.98. The lowest BCUT2D eigenvalue weighted by molar-refractivity contribution is -0.682. The number of carbonyl (C=O) groups is 2. The first kappa shape index (κ1) is 18.6. The molecule has 0 bridgehead atoms. The van der Waals surface area contributed by atoms with Gasteiger partial charge in [-0.2, -0.15) is 0 Å². The maximum Gasteiger partial charge on any atom is 0.230 e. The summed E-state index contributed by atoms with van der Waals surface area (Å²) in [5.74, 6) is -1.56. The molecule has 5 nitrogen and oxygen atoms in total. The molecular formula is C22H22N2O3. The van der Waals surface area contributed by atoms with Crippen LogP contribution >= 0.6 is 0 Å². The largest absolute Gasteiger partial charge is 0.544 e. The summed E-state index contributed by atoms with van der Waals surface area (Å²) in [5, 5.41) is 17.9. The van der Waals surface area contributed by atoms with Gasteiger partial charge in [0.2, 0.25) is 5.91 Å². The molecule has 1 amide bonds. The molecule has 3 aromatic carbocycles. The predicted octanol–water partition coefficient (Wildman–Crippen LogP) is 1.09. The second-order valence-corrected chi connectivity index (χ2v) is 6.50. The fourth-order valence-electron chi connectivity index (χ4n) is 3.04. The van der Waals surface area contributed by atoms with Crippen molar-refractivity contribution in [1.82, 2.24) is 0 Å². The molecule has 0 radical (unpaired) electrons. The third kappa shape index (κ3) is 5.39. The second-order valence-electron chi connectivity index (χ2n) is 6.50. The summed E-state index contributed by atoms with van der Waals surface area (Å²) in [6.45, 7) is 0.575. The fraction of sp³-hybridized carbons (Fsp3) is 0.182. The summed E-state index contributed by atoms with van der Waals surface area (Å²) in [6.07, 6.45) is 0.598. The molecule has 0 aliphatic rings. The Morgan fingerprint density at radius 1 is 0.926 bits per heavy atom. The minimum atomic E-state index is -1.23. The van der Waals surface area contributed by atoms with E-state index in [9.17, 15) is 14.7 Å². The van der Waals surface area contributed by atoms with Gasteiger partial charge in [0.25, 0.3) is 0 Å². The van der Waals surface area contributed by atoms with Gasteiger partial charge in [-0.25, -0.2) is 0 Å². The zero-order chi connectivity index (χ0) is 19.1. The first-order valence-electron chi connectivity index (χ1n) is 8.98. The van der Waals surface area contributed by atoms with Crippen molar-refractivity contribution in [3.63, 3.8) is 0 Å². The molecule has 0 saturated heterocycles. The first-order chi connectivity index (χ1) is 13.1. The average Bonchev–Trinajstić information content (AvgIpc) is 2.68. The lowest BCUT2D eigenvalue weighted by Gasteiger charge is -2.16. The van der Waals surface area contributed by atoms with Gasteiger partial charge in [0.1, 0.15) is 6.04 Å². The molecule has 0 aliphatic heterocycles. The highest BCUT2D eigenvalue weighted by molar-refractivity contribution is 5.96. The summed E-state index contributed by atoms with van der Waals surface area (Å²) < 4.78 is 0. The molecule has 27 heavy (non-hydrogen) atoms. The van der Waals surface area contributed by atoms with Crippen molar-refractivity contribution in [3.05, 3.63) is 78.4 Å². The summed E-state index contributed by atoms with van der Waals surface area (Å²) in [7, 11) is 0. The molecule has 0 saturated carbocycles. The predicted molar refractivity (Wildman–Crippen MR) is 103 cm³/mol. The molecular weight excluding hydrogens is 340 g/mol. The van der Waals surface area contributed by atoms with Crippen molar-refractivity contribution < 1.29 is 20.0 Å². The summed E-state index contributed by atoms with van der Waals surface area (Å²) >= 11 is 0. The Balaban J connectivity index is 1.55. The van der Waals surface area contributed by atoms with Crippen LogP contribution in [-0.2, 0) is 16.0 Å². The van der Waals surface area contributed by atoms with Crippen LogP contribution in [0.3, 0.4) is 0 Å². The highest BCUT2D eigenvalue weighted by Gasteiger charge is 2.18. The average molecular weight is 362 g/mol. The molecule has 138 valence electrons. The number of rotatable bonds is 8. The molecule has 0 aromatic heterocycles. The van der Waals surface area contributed by atoms with E-state index in [1.54, 1.807) is 5.32 Å². The van der Waals surface area contributed by atoms with Crippen LogP contribution in [0.5, 0.6) is 0 Å². The van der Waals surface area contributed by atoms with Crippen molar-refractivity contribution >= 4 is 28.3 Å². The van der Waals surface area contributed by atoms with Crippen LogP contribution in [0.1, 0.15) is 12.0 Å². The Labute approximate surface area is 158 Å². The van der Waals surface area contributed by atoms with Crippen LogP contribution in [0.2, 0.25) is 0 Å². The van der Waals surface area contributed by atoms with Crippen molar-refractivity contribution in [2.24, 2.45) is 0 Å². The van der Waals surface area contributed by atoms with E-state index in [0.29, 0.717) is 12.2 Å². The number of carbonyl (C=O) groups excluding carboxylic acids is 2. The van der Waals surface area contributed by atoms with Crippen molar-refractivity contribution in [2.45, 2.75) is 18.9 Å². The summed E-state index contributed by atoms with van der Waals surface area (Å²) in [4.78, 5) is 23.7. The Bertz CT molecular complexity index is 925. The standard InChI is InChI=1S/C22H22N2O3/c25-21(24-19-11-10-17-8-4-5-9-18(17)14-19)15-20(22(26)27)23-13-12-16-6-2-1-3-7-16/h1-11,14,20,23H,12-13,15H2,(H,24,25)(H,26,27)/t20-/m1/s1. The number of nitrogens with one attached hydrogen (secondary N) is 1. The van der Waals surface area contributed by atoms with Gasteiger partial charge in [0.15, 0.2) is 0 Å². The van der Waals surface area contributed by atoms with Crippen molar-refractivity contribution in [1.29, 1.82) is 0 Å². The van der Waals surface area contributed by atoms with Gasteiger partial charge in [-0.1, -0.05) is 60.7 Å². The Morgan fingerprint density at radius 2 is 1.63 bits per heavy atom. The van der Waals surface area contributed by atoms with Gasteiger partial charge in [0.05, 0.1) is 18.9 Å². The van der Waals surface area contributed by atoms with E-state index in [4.69, 9.17) is 0 Å². The maximum absolute atomic E-state index is 12.3. The monoisotopic (exact) mass is 362 g/mol. The van der Waals surface area contributed by atoms with E-state index in [-0.39, 0.29) is 12.3 Å². The van der Waals surface area contributed by atoms with Gasteiger partial charge in [-0.05, 0) is 28.5 Å². The third-order valence-corrected chi connectivity index (χ3v) is 4.47. The Morgan fingerprint density at radius 3 is 2.37 bits per heavy atom. The van der Waals surface area contributed by atoms with Crippen LogP contribution in [0.4, 0.5) is 5.69 Å². The highest BCUT2D eigenvalue weighted by atomic mass is 16.4. The van der Waals surface area contributed by atoms with Crippen LogP contribution in [-0.4, -0.2) is 24.5 Å². The quantitative estimate of drug-likeness (QED) is 0.629. The molecule has 0 fully saturated rings. The van der Waals surface area contributed by atoms with Gasteiger partial charge >= 0.3 is 0 Å². The number of fused-ring (bicyclic) bond motifs is 1. The normalized spacial score (nSPS) is 11.9. The Hall–Kier alpha value is -3.18. The van der Waals surface area contributed by atoms with Crippen LogP contribution in [0.25, 0.3) is 10.8 Å². The van der Waals surface area contributed by atoms with E-state index in [1.807, 2.05) is 72.8 Å². The van der Waals surface area contributed by atoms with Crippen LogP contribution in [0, 0.1) is 0 Å². The molecule has 0 spiro atoms. The van der Waals surface area contributed by atoms with E-state index in [0.717, 1.165) is 22.8 Å². The third-order valence-electron chi connectivity index (χ3n) is 4.47. The van der Waals surface area contributed by atoms with E-state index >= 15 is 0 Å². The number of benzene rings is 3. The van der Waals surface area contributed by atoms with E-state index < -0.39 is 12.0 Å². The molecule has 3 N–H and O–H groups in total. The van der Waals surface area contributed by atoms with Gasteiger partial charge < -0.3 is 20.5 Å². The second kappa shape index (κ2) is 8.96. The van der Waals surface area contributed by atoms with Gasteiger partial charge in [-0.3, -0.25) is 4.79 Å².